The molecule has 2 aromatic rings. The van der Waals surface area contributed by atoms with Gasteiger partial charge in [0, 0.05) is 12.3 Å². The maximum Gasteiger partial charge on any atom is 0.241 e. The first-order chi connectivity index (χ1) is 12.1. The lowest BCUT2D eigenvalue weighted by Gasteiger charge is -2.15. The van der Waals surface area contributed by atoms with Crippen LogP contribution in [0.3, 0.4) is 0 Å². The number of amides is 2. The highest BCUT2D eigenvalue weighted by atomic mass is 16.5. The number of hydrogen-bond donors (Lipinski definition) is 0. The molecule has 25 heavy (non-hydrogen) atoms. The van der Waals surface area contributed by atoms with Crippen molar-refractivity contribution >= 4 is 17.6 Å². The number of carbonyl (C=O) groups excluding carboxylic acids is 2. The Hall–Kier alpha value is -2.47. The SMILES string of the molecule is Cc1cccc(Cn2ccc(N3C(=O)C4C5CCC(O5)C4C3=O)n2)c1. The molecule has 3 aliphatic rings. The van der Waals surface area contributed by atoms with Gasteiger partial charge in [0.2, 0.25) is 11.8 Å². The molecular weight excluding hydrogens is 318 g/mol. The molecule has 0 aliphatic carbocycles. The first-order valence-corrected chi connectivity index (χ1v) is 8.74. The molecule has 6 heteroatoms. The van der Waals surface area contributed by atoms with Crippen LogP contribution >= 0.6 is 0 Å². The van der Waals surface area contributed by atoms with Crippen LogP contribution in [0.25, 0.3) is 0 Å². The summed E-state index contributed by atoms with van der Waals surface area (Å²) in [4.78, 5) is 26.8. The van der Waals surface area contributed by atoms with E-state index in [1.807, 2.05) is 18.3 Å². The minimum atomic E-state index is -0.312. The van der Waals surface area contributed by atoms with Gasteiger partial charge in [0.15, 0.2) is 5.82 Å². The zero-order chi connectivity index (χ0) is 17.1. The molecule has 4 atom stereocenters. The molecule has 2 bridgehead atoms. The van der Waals surface area contributed by atoms with E-state index in [-0.39, 0.29) is 35.9 Å². The number of hydrogen-bond acceptors (Lipinski definition) is 4. The molecule has 0 N–H and O–H groups in total. The molecule has 1 aromatic carbocycles. The summed E-state index contributed by atoms with van der Waals surface area (Å²) in [6, 6.07) is 9.95. The van der Waals surface area contributed by atoms with Crippen molar-refractivity contribution < 1.29 is 14.3 Å². The van der Waals surface area contributed by atoms with E-state index in [1.165, 1.54) is 10.5 Å². The van der Waals surface area contributed by atoms with Crippen LogP contribution in [-0.4, -0.2) is 33.8 Å². The number of anilines is 1. The topological polar surface area (TPSA) is 64.4 Å². The Labute approximate surface area is 145 Å². The summed E-state index contributed by atoms with van der Waals surface area (Å²) in [5.41, 5.74) is 2.33. The lowest BCUT2D eigenvalue weighted by Crippen LogP contribution is -2.34. The summed E-state index contributed by atoms with van der Waals surface area (Å²) < 4.78 is 7.53. The van der Waals surface area contributed by atoms with Crippen LogP contribution in [0.4, 0.5) is 5.82 Å². The minimum Gasteiger partial charge on any atom is -0.373 e. The second-order valence-corrected chi connectivity index (χ2v) is 7.21. The van der Waals surface area contributed by atoms with Crippen LogP contribution in [0, 0.1) is 18.8 Å². The van der Waals surface area contributed by atoms with Gasteiger partial charge in [0.25, 0.3) is 0 Å². The quantitative estimate of drug-likeness (QED) is 0.803. The Balaban J connectivity index is 1.40. The highest BCUT2D eigenvalue weighted by Crippen LogP contribution is 2.49. The number of aromatic nitrogens is 2. The van der Waals surface area contributed by atoms with Crippen LogP contribution < -0.4 is 4.90 Å². The van der Waals surface area contributed by atoms with Crippen LogP contribution in [0.5, 0.6) is 0 Å². The third kappa shape index (κ3) is 2.17. The molecule has 0 spiro atoms. The van der Waals surface area contributed by atoms with Gasteiger partial charge in [-0.3, -0.25) is 14.3 Å². The zero-order valence-electron chi connectivity index (χ0n) is 14.0. The summed E-state index contributed by atoms with van der Waals surface area (Å²) >= 11 is 0. The molecule has 3 fully saturated rings. The van der Waals surface area contributed by atoms with Gasteiger partial charge < -0.3 is 4.74 Å². The van der Waals surface area contributed by atoms with E-state index in [2.05, 4.69) is 24.2 Å². The normalized spacial score (nSPS) is 30.4. The molecule has 3 aliphatic heterocycles. The van der Waals surface area contributed by atoms with E-state index in [9.17, 15) is 9.59 Å². The maximum atomic E-state index is 12.8. The molecule has 0 radical (unpaired) electrons. The molecule has 4 heterocycles. The molecule has 1 aromatic heterocycles. The van der Waals surface area contributed by atoms with Crippen molar-refractivity contribution in [1.82, 2.24) is 9.78 Å². The largest absolute Gasteiger partial charge is 0.373 e. The Morgan fingerprint density at radius 1 is 1.12 bits per heavy atom. The van der Waals surface area contributed by atoms with Gasteiger partial charge in [-0.15, -0.1) is 0 Å². The van der Waals surface area contributed by atoms with Gasteiger partial charge in [-0.25, -0.2) is 4.90 Å². The average molecular weight is 337 g/mol. The predicted molar refractivity (Wildman–Crippen MR) is 89.9 cm³/mol. The van der Waals surface area contributed by atoms with E-state index in [0.717, 1.165) is 18.4 Å². The molecule has 2 amide bonds. The highest BCUT2D eigenvalue weighted by molar-refractivity contribution is 6.22. The number of aryl methyl sites for hydroxylation is 1. The van der Waals surface area contributed by atoms with E-state index >= 15 is 0 Å². The number of carbonyl (C=O) groups is 2. The highest BCUT2D eigenvalue weighted by Gasteiger charge is 2.63. The Morgan fingerprint density at radius 3 is 2.52 bits per heavy atom. The maximum absolute atomic E-state index is 12.8. The number of nitrogens with zero attached hydrogens (tertiary/aromatic N) is 3. The van der Waals surface area contributed by atoms with Crippen LogP contribution in [0.2, 0.25) is 0 Å². The molecular formula is C19H19N3O3. The van der Waals surface area contributed by atoms with Crippen molar-refractivity contribution in [3.8, 4) is 0 Å². The average Bonchev–Trinajstić information content (AvgIpc) is 3.33. The summed E-state index contributed by atoms with van der Waals surface area (Å²) in [6.07, 6.45) is 3.38. The third-order valence-corrected chi connectivity index (χ3v) is 5.57. The van der Waals surface area contributed by atoms with Gasteiger partial charge in [-0.05, 0) is 25.3 Å². The minimum absolute atomic E-state index is 0.0918. The fraction of sp³-hybridized carbons (Fsp3) is 0.421. The Bertz CT molecular complexity index is 846. The lowest BCUT2D eigenvalue weighted by atomic mass is 9.81. The van der Waals surface area contributed by atoms with Gasteiger partial charge in [0.05, 0.1) is 30.6 Å². The molecule has 128 valence electrons. The first-order valence-electron chi connectivity index (χ1n) is 8.74. The second kappa shape index (κ2) is 5.26. The van der Waals surface area contributed by atoms with Crippen molar-refractivity contribution in [2.45, 2.75) is 38.5 Å². The van der Waals surface area contributed by atoms with Gasteiger partial charge in [-0.1, -0.05) is 29.8 Å². The number of ether oxygens (including phenoxy) is 1. The smallest absolute Gasteiger partial charge is 0.241 e. The van der Waals surface area contributed by atoms with Crippen molar-refractivity contribution in [1.29, 1.82) is 0 Å². The summed E-state index contributed by atoms with van der Waals surface area (Å²) in [7, 11) is 0. The van der Waals surface area contributed by atoms with Crippen LogP contribution in [0.15, 0.2) is 36.5 Å². The molecule has 3 saturated heterocycles. The van der Waals surface area contributed by atoms with E-state index in [4.69, 9.17) is 4.74 Å². The van der Waals surface area contributed by atoms with Crippen molar-refractivity contribution in [2.24, 2.45) is 11.8 Å². The first kappa shape index (κ1) is 14.8. The molecule has 4 unspecified atom stereocenters. The van der Waals surface area contributed by atoms with Crippen molar-refractivity contribution in [3.63, 3.8) is 0 Å². The molecule has 5 rings (SSSR count). The van der Waals surface area contributed by atoms with Crippen molar-refractivity contribution in [3.05, 3.63) is 47.7 Å². The Kier molecular flexibility index (Phi) is 3.12. The summed E-state index contributed by atoms with van der Waals surface area (Å²) in [5.74, 6) is -0.496. The fourth-order valence-electron chi connectivity index (χ4n) is 4.49. The summed E-state index contributed by atoms with van der Waals surface area (Å²) in [5, 5.41) is 4.48. The molecule has 6 nitrogen and oxygen atoms in total. The van der Waals surface area contributed by atoms with Gasteiger partial charge >= 0.3 is 0 Å². The fourth-order valence-corrected chi connectivity index (χ4v) is 4.49. The third-order valence-electron chi connectivity index (χ3n) is 5.57. The second-order valence-electron chi connectivity index (χ2n) is 7.21. The van der Waals surface area contributed by atoms with Gasteiger partial charge in [0.1, 0.15) is 0 Å². The standard InChI is InChI=1S/C19H19N3O3/c1-11-3-2-4-12(9-11)10-21-8-7-15(20-21)22-18(23)16-13-5-6-14(25-13)17(16)19(22)24/h2-4,7-9,13-14,16-17H,5-6,10H2,1H3. The molecule has 0 saturated carbocycles. The number of rotatable bonds is 3. The van der Waals surface area contributed by atoms with E-state index in [1.54, 1.807) is 10.7 Å². The van der Waals surface area contributed by atoms with Crippen LogP contribution in [0.1, 0.15) is 24.0 Å². The monoisotopic (exact) mass is 337 g/mol. The van der Waals surface area contributed by atoms with Crippen LogP contribution in [-0.2, 0) is 20.9 Å². The van der Waals surface area contributed by atoms with E-state index in [0.29, 0.717) is 12.4 Å². The predicted octanol–water partition coefficient (Wildman–Crippen LogP) is 1.91. The zero-order valence-corrected chi connectivity index (χ0v) is 14.0. The van der Waals surface area contributed by atoms with Crippen molar-refractivity contribution in [2.75, 3.05) is 4.90 Å². The Morgan fingerprint density at radius 2 is 1.84 bits per heavy atom. The number of fused-ring (bicyclic) bond motifs is 5. The number of benzene rings is 1. The summed E-state index contributed by atoms with van der Waals surface area (Å²) in [6.45, 7) is 2.66. The lowest BCUT2D eigenvalue weighted by molar-refractivity contribution is -0.124. The van der Waals surface area contributed by atoms with Gasteiger partial charge in [-0.2, -0.15) is 5.10 Å². The number of imide groups is 1. The van der Waals surface area contributed by atoms with E-state index < -0.39 is 0 Å².